The summed E-state index contributed by atoms with van der Waals surface area (Å²) in [4.78, 5) is 44.3. The summed E-state index contributed by atoms with van der Waals surface area (Å²) in [7, 11) is 1.33. The van der Waals surface area contributed by atoms with E-state index in [4.69, 9.17) is 13.9 Å². The molecule has 9 heteroatoms. The van der Waals surface area contributed by atoms with Crippen LogP contribution in [0.5, 0.6) is 0 Å². The largest absolute Gasteiger partial charge is 0.465 e. The Labute approximate surface area is 217 Å². The van der Waals surface area contributed by atoms with Crippen LogP contribution in [-0.4, -0.2) is 36.0 Å². The van der Waals surface area contributed by atoms with Crippen molar-refractivity contribution in [3.8, 4) is 11.5 Å². The first-order chi connectivity index (χ1) is 18.0. The van der Waals surface area contributed by atoms with Gasteiger partial charge in [-0.1, -0.05) is 30.7 Å². The van der Waals surface area contributed by atoms with Crippen molar-refractivity contribution in [1.29, 1.82) is 0 Å². The van der Waals surface area contributed by atoms with Gasteiger partial charge in [0.15, 0.2) is 11.7 Å². The number of amides is 1. The van der Waals surface area contributed by atoms with Crippen LogP contribution in [0.4, 0.5) is 5.00 Å². The van der Waals surface area contributed by atoms with E-state index in [-0.39, 0.29) is 11.5 Å². The van der Waals surface area contributed by atoms with E-state index in [2.05, 4.69) is 10.3 Å². The highest BCUT2D eigenvalue weighted by molar-refractivity contribution is 7.17. The van der Waals surface area contributed by atoms with Gasteiger partial charge in [-0.3, -0.25) is 4.79 Å². The van der Waals surface area contributed by atoms with Crippen molar-refractivity contribution in [1.82, 2.24) is 4.98 Å². The zero-order chi connectivity index (χ0) is 25.9. The van der Waals surface area contributed by atoms with Crippen molar-refractivity contribution in [3.63, 3.8) is 0 Å². The fraction of sp³-hybridized carbons (Fsp3) is 0.286. The van der Waals surface area contributed by atoms with Crippen LogP contribution in [-0.2, 0) is 27.1 Å². The molecule has 0 radical (unpaired) electrons. The number of fused-ring (bicyclic) bond motifs is 2. The van der Waals surface area contributed by atoms with Crippen LogP contribution in [0.3, 0.4) is 0 Å². The molecule has 1 unspecified atom stereocenters. The van der Waals surface area contributed by atoms with Crippen molar-refractivity contribution in [2.75, 3.05) is 12.4 Å². The first-order valence-electron chi connectivity index (χ1n) is 12.2. The van der Waals surface area contributed by atoms with E-state index >= 15 is 0 Å². The molecule has 0 saturated carbocycles. The number of para-hydroxylation sites is 2. The molecular weight excluding hydrogens is 492 g/mol. The summed E-state index contributed by atoms with van der Waals surface area (Å²) in [6, 6.07) is 14.1. The molecule has 5 rings (SSSR count). The summed E-state index contributed by atoms with van der Waals surface area (Å²) in [6.45, 7) is 1.49. The number of nitrogens with zero attached hydrogens (tertiary/aromatic N) is 1. The monoisotopic (exact) mass is 518 g/mol. The molecule has 0 spiro atoms. The van der Waals surface area contributed by atoms with Crippen molar-refractivity contribution < 1.29 is 28.3 Å². The van der Waals surface area contributed by atoms with Gasteiger partial charge >= 0.3 is 11.9 Å². The highest BCUT2D eigenvalue weighted by atomic mass is 32.1. The van der Waals surface area contributed by atoms with E-state index in [1.165, 1.54) is 25.4 Å². The van der Waals surface area contributed by atoms with Crippen LogP contribution in [0.15, 0.2) is 52.9 Å². The summed E-state index contributed by atoms with van der Waals surface area (Å²) in [5, 5.41) is 3.22. The molecule has 0 saturated heterocycles. The molecular formula is C28H26N2O6S. The number of rotatable bonds is 6. The van der Waals surface area contributed by atoms with Gasteiger partial charge in [-0.05, 0) is 62.4 Å². The maximum absolute atomic E-state index is 13.1. The van der Waals surface area contributed by atoms with Gasteiger partial charge < -0.3 is 19.2 Å². The van der Waals surface area contributed by atoms with E-state index in [9.17, 15) is 14.4 Å². The minimum absolute atomic E-state index is 0.229. The number of hydrogen-bond donors (Lipinski definition) is 1. The van der Waals surface area contributed by atoms with Gasteiger partial charge in [0.25, 0.3) is 5.91 Å². The molecule has 2 aromatic heterocycles. The number of hydrogen-bond acceptors (Lipinski definition) is 8. The molecule has 1 aliphatic rings. The average molecular weight is 519 g/mol. The third kappa shape index (κ3) is 4.99. The lowest BCUT2D eigenvalue weighted by molar-refractivity contribution is -0.123. The topological polar surface area (TPSA) is 108 Å². The number of thiophene rings is 1. The van der Waals surface area contributed by atoms with Gasteiger partial charge in [0.1, 0.15) is 10.5 Å². The minimum atomic E-state index is -1.11. The summed E-state index contributed by atoms with van der Waals surface area (Å²) in [6.07, 6.45) is 3.63. The second kappa shape index (κ2) is 10.6. The number of nitrogens with one attached hydrogen (secondary N) is 1. The molecule has 1 N–H and O–H groups in total. The number of oxazole rings is 1. The fourth-order valence-corrected chi connectivity index (χ4v) is 5.76. The van der Waals surface area contributed by atoms with Crippen molar-refractivity contribution >= 4 is 45.3 Å². The number of benzene rings is 2. The Morgan fingerprint density at radius 3 is 2.57 bits per heavy atom. The third-order valence-electron chi connectivity index (χ3n) is 6.37. The predicted octanol–water partition coefficient (Wildman–Crippen LogP) is 5.80. The highest BCUT2D eigenvalue weighted by Gasteiger charge is 2.29. The number of aryl methyl sites for hydroxylation is 1. The van der Waals surface area contributed by atoms with Gasteiger partial charge in [0.2, 0.25) is 5.89 Å². The second-order valence-corrected chi connectivity index (χ2v) is 9.93. The first kappa shape index (κ1) is 24.7. The quantitative estimate of drug-likeness (QED) is 0.254. The number of ether oxygens (including phenoxy) is 2. The summed E-state index contributed by atoms with van der Waals surface area (Å²) < 4.78 is 16.4. The highest BCUT2D eigenvalue weighted by Crippen LogP contribution is 2.38. The second-order valence-electron chi connectivity index (χ2n) is 8.83. The smallest absolute Gasteiger partial charge is 0.341 e. The molecule has 2 heterocycles. The van der Waals surface area contributed by atoms with Crippen molar-refractivity contribution in [2.45, 2.75) is 45.1 Å². The molecule has 1 atom stereocenters. The maximum Gasteiger partial charge on any atom is 0.341 e. The predicted molar refractivity (Wildman–Crippen MR) is 140 cm³/mol. The Morgan fingerprint density at radius 2 is 1.76 bits per heavy atom. The van der Waals surface area contributed by atoms with E-state index < -0.39 is 23.9 Å². The third-order valence-corrected chi connectivity index (χ3v) is 7.58. The normalized spacial score (nSPS) is 13.9. The molecule has 1 aliphatic carbocycles. The van der Waals surface area contributed by atoms with Crippen molar-refractivity contribution in [3.05, 3.63) is 70.1 Å². The number of esters is 2. The van der Waals surface area contributed by atoms with E-state index in [0.717, 1.165) is 42.5 Å². The molecule has 0 bridgehead atoms. The lowest BCUT2D eigenvalue weighted by Crippen LogP contribution is -2.30. The number of methoxy groups -OCH3 is 1. The zero-order valence-corrected chi connectivity index (χ0v) is 21.4. The zero-order valence-electron chi connectivity index (χ0n) is 20.5. The molecule has 0 aliphatic heterocycles. The van der Waals surface area contributed by atoms with Crippen LogP contribution in [0.2, 0.25) is 0 Å². The van der Waals surface area contributed by atoms with E-state index in [1.54, 1.807) is 30.3 Å². The average Bonchev–Trinajstić information content (AvgIpc) is 3.41. The molecule has 1 amide bonds. The van der Waals surface area contributed by atoms with Crippen molar-refractivity contribution in [2.24, 2.45) is 0 Å². The first-order valence-corrected chi connectivity index (χ1v) is 13.0. The molecule has 37 heavy (non-hydrogen) atoms. The lowest BCUT2D eigenvalue weighted by Gasteiger charge is -2.14. The minimum Gasteiger partial charge on any atom is -0.465 e. The van der Waals surface area contributed by atoms with Gasteiger partial charge in [-0.15, -0.1) is 11.3 Å². The summed E-state index contributed by atoms with van der Waals surface area (Å²) in [5.41, 5.74) is 3.31. The van der Waals surface area contributed by atoms with Gasteiger partial charge in [-0.2, -0.15) is 0 Å². The summed E-state index contributed by atoms with van der Waals surface area (Å²) in [5.74, 6) is -1.41. The van der Waals surface area contributed by atoms with Crippen LogP contribution in [0.25, 0.3) is 22.6 Å². The Hall–Kier alpha value is -3.98. The Balaban J connectivity index is 1.35. The van der Waals surface area contributed by atoms with Gasteiger partial charge in [0.05, 0.1) is 23.8 Å². The van der Waals surface area contributed by atoms with Crippen LogP contribution >= 0.6 is 11.3 Å². The van der Waals surface area contributed by atoms with Crippen LogP contribution < -0.4 is 5.32 Å². The van der Waals surface area contributed by atoms with Gasteiger partial charge in [0, 0.05) is 4.88 Å². The standard InChI is InChI=1S/C28H26N2O6S/c1-16(24(31)30-26-23(28(33)34-2)19-12-4-3-5-15-22(19)37-26)35-27(32)18-11-7-6-10-17(18)25-29-20-13-8-9-14-21(20)36-25/h6-11,13-14,16H,3-5,12,15H2,1-2H3,(H,30,31). The Bertz CT molecular complexity index is 1450. The lowest BCUT2D eigenvalue weighted by atomic mass is 10.1. The Kier molecular flexibility index (Phi) is 7.05. The molecule has 190 valence electrons. The van der Waals surface area contributed by atoms with E-state index in [1.807, 2.05) is 18.2 Å². The fourth-order valence-electron chi connectivity index (χ4n) is 4.47. The molecule has 2 aromatic carbocycles. The molecule has 0 fully saturated rings. The number of aromatic nitrogens is 1. The Morgan fingerprint density at radius 1 is 1.00 bits per heavy atom. The van der Waals surface area contributed by atoms with Crippen LogP contribution in [0.1, 0.15) is 57.3 Å². The molecule has 8 nitrogen and oxygen atoms in total. The number of carbonyl (C=O) groups excluding carboxylic acids is 3. The van der Waals surface area contributed by atoms with E-state index in [0.29, 0.717) is 27.2 Å². The SMILES string of the molecule is COC(=O)c1c(NC(=O)C(C)OC(=O)c2ccccc2-c2nc3ccccc3o2)sc2c1CCCCC2. The van der Waals surface area contributed by atoms with Gasteiger partial charge in [-0.25, -0.2) is 14.6 Å². The van der Waals surface area contributed by atoms with Crippen LogP contribution in [0, 0.1) is 0 Å². The molecule has 4 aromatic rings. The summed E-state index contributed by atoms with van der Waals surface area (Å²) >= 11 is 1.39. The number of carbonyl (C=O) groups is 3. The maximum atomic E-state index is 13.1. The number of anilines is 1.